The lowest BCUT2D eigenvalue weighted by Crippen LogP contribution is -2.40. The van der Waals surface area contributed by atoms with Crippen molar-refractivity contribution in [3.05, 3.63) is 30.1 Å². The van der Waals surface area contributed by atoms with E-state index in [2.05, 4.69) is 10.3 Å². The zero-order chi connectivity index (χ0) is 13.7. The smallest absolute Gasteiger partial charge is 0.306 e. The molecule has 2 rings (SSSR count). The standard InChI is InChI=1S/C14H18N2O3/c17-13(9-11-5-1-2-7-15-11)16-12-6-3-4-10(8-12)14(18)19/h1-2,5,7,10,12H,3-4,6,8-9H2,(H,16,17)(H,18,19). The maximum absolute atomic E-state index is 11.9. The lowest BCUT2D eigenvalue weighted by molar-refractivity contribution is -0.143. The average Bonchev–Trinajstić information content (AvgIpc) is 2.40. The monoisotopic (exact) mass is 262 g/mol. The third-order valence-corrected chi connectivity index (χ3v) is 3.46. The summed E-state index contributed by atoms with van der Waals surface area (Å²) < 4.78 is 0. The van der Waals surface area contributed by atoms with Gasteiger partial charge in [-0.05, 0) is 31.4 Å². The van der Waals surface area contributed by atoms with Crippen molar-refractivity contribution in [3.63, 3.8) is 0 Å². The molecule has 2 atom stereocenters. The van der Waals surface area contributed by atoms with Crippen molar-refractivity contribution in [1.82, 2.24) is 10.3 Å². The van der Waals surface area contributed by atoms with Gasteiger partial charge in [0.1, 0.15) is 0 Å². The lowest BCUT2D eigenvalue weighted by Gasteiger charge is -2.27. The van der Waals surface area contributed by atoms with E-state index in [4.69, 9.17) is 5.11 Å². The Balaban J connectivity index is 1.83. The van der Waals surface area contributed by atoms with Crippen LogP contribution < -0.4 is 5.32 Å². The van der Waals surface area contributed by atoms with Crippen LogP contribution in [0.3, 0.4) is 0 Å². The highest BCUT2D eigenvalue weighted by molar-refractivity contribution is 5.78. The summed E-state index contributed by atoms with van der Waals surface area (Å²) in [5.74, 6) is -1.17. The van der Waals surface area contributed by atoms with Gasteiger partial charge in [-0.3, -0.25) is 14.6 Å². The zero-order valence-electron chi connectivity index (χ0n) is 10.7. The van der Waals surface area contributed by atoms with Gasteiger partial charge in [0.2, 0.25) is 5.91 Å². The van der Waals surface area contributed by atoms with Crippen molar-refractivity contribution < 1.29 is 14.7 Å². The van der Waals surface area contributed by atoms with E-state index in [1.165, 1.54) is 0 Å². The van der Waals surface area contributed by atoms with Crippen molar-refractivity contribution in [3.8, 4) is 0 Å². The molecule has 1 aliphatic carbocycles. The SMILES string of the molecule is O=C(Cc1ccccn1)NC1CCCC(C(=O)O)C1. The van der Waals surface area contributed by atoms with E-state index in [-0.39, 0.29) is 24.3 Å². The van der Waals surface area contributed by atoms with Gasteiger partial charge in [-0.2, -0.15) is 0 Å². The predicted octanol–water partition coefficient (Wildman–Crippen LogP) is 1.38. The summed E-state index contributed by atoms with van der Waals surface area (Å²) in [4.78, 5) is 26.9. The molecule has 0 radical (unpaired) electrons. The Labute approximate surface area is 112 Å². The third-order valence-electron chi connectivity index (χ3n) is 3.46. The molecule has 1 fully saturated rings. The highest BCUT2D eigenvalue weighted by atomic mass is 16.4. The molecule has 0 bridgehead atoms. The van der Waals surface area contributed by atoms with Crippen molar-refractivity contribution in [1.29, 1.82) is 0 Å². The predicted molar refractivity (Wildman–Crippen MR) is 69.5 cm³/mol. The Kier molecular flexibility index (Phi) is 4.49. The minimum Gasteiger partial charge on any atom is -0.481 e. The topological polar surface area (TPSA) is 79.3 Å². The van der Waals surface area contributed by atoms with Gasteiger partial charge < -0.3 is 10.4 Å². The maximum Gasteiger partial charge on any atom is 0.306 e. The number of aromatic nitrogens is 1. The molecule has 2 N–H and O–H groups in total. The molecule has 0 aliphatic heterocycles. The van der Waals surface area contributed by atoms with Crippen LogP contribution in [0.2, 0.25) is 0 Å². The largest absolute Gasteiger partial charge is 0.481 e. The molecule has 1 heterocycles. The first-order valence-corrected chi connectivity index (χ1v) is 6.57. The molecule has 1 aromatic rings. The number of hydrogen-bond acceptors (Lipinski definition) is 3. The second-order valence-corrected chi connectivity index (χ2v) is 4.96. The first-order chi connectivity index (χ1) is 9.15. The van der Waals surface area contributed by atoms with E-state index in [1.807, 2.05) is 6.07 Å². The third kappa shape index (κ3) is 4.05. The van der Waals surface area contributed by atoms with Gasteiger partial charge in [-0.25, -0.2) is 0 Å². The normalized spacial score (nSPS) is 22.7. The number of pyridine rings is 1. The molecule has 19 heavy (non-hydrogen) atoms. The average molecular weight is 262 g/mol. The van der Waals surface area contributed by atoms with Crippen LogP contribution in [0.25, 0.3) is 0 Å². The molecule has 1 amide bonds. The number of carboxylic acids is 1. The zero-order valence-corrected chi connectivity index (χ0v) is 10.7. The molecule has 5 nitrogen and oxygen atoms in total. The number of hydrogen-bond donors (Lipinski definition) is 2. The van der Waals surface area contributed by atoms with Gasteiger partial charge in [-0.1, -0.05) is 12.5 Å². The number of carbonyl (C=O) groups is 2. The van der Waals surface area contributed by atoms with Gasteiger partial charge in [0.05, 0.1) is 12.3 Å². The molecule has 0 aromatic carbocycles. The molecule has 2 unspecified atom stereocenters. The van der Waals surface area contributed by atoms with Crippen molar-refractivity contribution in [2.45, 2.75) is 38.1 Å². The van der Waals surface area contributed by atoms with Crippen LogP contribution in [0.4, 0.5) is 0 Å². The minimum atomic E-state index is -0.760. The summed E-state index contributed by atoms with van der Waals surface area (Å²) in [5, 5.41) is 11.9. The number of carboxylic acid groups (broad SMARTS) is 1. The van der Waals surface area contributed by atoms with E-state index in [1.54, 1.807) is 18.3 Å². The fraction of sp³-hybridized carbons (Fsp3) is 0.500. The molecule has 1 aromatic heterocycles. The quantitative estimate of drug-likeness (QED) is 0.859. The lowest BCUT2D eigenvalue weighted by atomic mass is 9.86. The van der Waals surface area contributed by atoms with Crippen LogP contribution >= 0.6 is 0 Å². The summed E-state index contributed by atoms with van der Waals surface area (Å²) in [7, 11) is 0. The summed E-state index contributed by atoms with van der Waals surface area (Å²) >= 11 is 0. The van der Waals surface area contributed by atoms with Crippen molar-refractivity contribution in [2.75, 3.05) is 0 Å². The fourth-order valence-electron chi connectivity index (χ4n) is 2.49. The number of rotatable bonds is 4. The summed E-state index contributed by atoms with van der Waals surface area (Å²) in [6.45, 7) is 0. The molecule has 5 heteroatoms. The molecular formula is C14H18N2O3. The molecular weight excluding hydrogens is 244 g/mol. The second-order valence-electron chi connectivity index (χ2n) is 4.96. The van der Waals surface area contributed by atoms with Gasteiger partial charge in [0.15, 0.2) is 0 Å². The molecule has 1 aliphatic rings. The highest BCUT2D eigenvalue weighted by Crippen LogP contribution is 2.24. The summed E-state index contributed by atoms with van der Waals surface area (Å²) in [6, 6.07) is 5.43. The van der Waals surface area contributed by atoms with E-state index >= 15 is 0 Å². The van der Waals surface area contributed by atoms with Gasteiger partial charge >= 0.3 is 5.97 Å². The first-order valence-electron chi connectivity index (χ1n) is 6.57. The number of nitrogens with one attached hydrogen (secondary N) is 1. The van der Waals surface area contributed by atoms with Crippen LogP contribution in [-0.4, -0.2) is 28.0 Å². The Bertz CT molecular complexity index is 447. The Hall–Kier alpha value is -1.91. The number of amides is 1. The van der Waals surface area contributed by atoms with Crippen LogP contribution in [0.5, 0.6) is 0 Å². The van der Waals surface area contributed by atoms with E-state index in [0.717, 1.165) is 18.5 Å². The molecule has 102 valence electrons. The van der Waals surface area contributed by atoms with Gasteiger partial charge in [-0.15, -0.1) is 0 Å². The Morgan fingerprint density at radius 1 is 1.37 bits per heavy atom. The van der Waals surface area contributed by atoms with Gasteiger partial charge in [0, 0.05) is 17.9 Å². The number of aliphatic carboxylic acids is 1. The Morgan fingerprint density at radius 3 is 2.89 bits per heavy atom. The maximum atomic E-state index is 11.9. The van der Waals surface area contributed by atoms with E-state index in [9.17, 15) is 9.59 Å². The van der Waals surface area contributed by atoms with E-state index < -0.39 is 5.97 Å². The van der Waals surface area contributed by atoms with Crippen LogP contribution in [0.1, 0.15) is 31.4 Å². The Morgan fingerprint density at radius 2 is 2.21 bits per heavy atom. The van der Waals surface area contributed by atoms with Crippen LogP contribution in [0.15, 0.2) is 24.4 Å². The summed E-state index contributed by atoms with van der Waals surface area (Å²) in [6.07, 6.45) is 4.85. The molecule has 1 saturated carbocycles. The molecule has 0 spiro atoms. The first kappa shape index (κ1) is 13.5. The number of carbonyl (C=O) groups excluding carboxylic acids is 1. The summed E-state index contributed by atoms with van der Waals surface area (Å²) in [5.41, 5.74) is 0.727. The highest BCUT2D eigenvalue weighted by Gasteiger charge is 2.27. The van der Waals surface area contributed by atoms with Crippen LogP contribution in [-0.2, 0) is 16.0 Å². The van der Waals surface area contributed by atoms with Crippen LogP contribution in [0, 0.1) is 5.92 Å². The van der Waals surface area contributed by atoms with E-state index in [0.29, 0.717) is 12.8 Å². The fourth-order valence-corrected chi connectivity index (χ4v) is 2.49. The van der Waals surface area contributed by atoms with Crippen molar-refractivity contribution >= 4 is 11.9 Å². The second kappa shape index (κ2) is 6.31. The minimum absolute atomic E-state index is 0.0222. The van der Waals surface area contributed by atoms with Crippen molar-refractivity contribution in [2.24, 2.45) is 5.92 Å². The van der Waals surface area contributed by atoms with Gasteiger partial charge in [0.25, 0.3) is 0 Å². The number of nitrogens with zero attached hydrogens (tertiary/aromatic N) is 1. The molecule has 0 saturated heterocycles.